The van der Waals surface area contributed by atoms with Gasteiger partial charge in [-0.1, -0.05) is 36.4 Å². The monoisotopic (exact) mass is 435 g/mol. The molecule has 1 aliphatic rings. The smallest absolute Gasteiger partial charge is 0.380 e. The van der Waals surface area contributed by atoms with Crippen LogP contribution < -0.4 is 4.52 Å². The molecule has 30 heavy (non-hydrogen) atoms. The fraction of sp³-hybridized carbons (Fsp3) is 0.381. The first-order valence-corrected chi connectivity index (χ1v) is 11.5. The molecule has 1 saturated heterocycles. The summed E-state index contributed by atoms with van der Waals surface area (Å²) in [6, 6.07) is 17.4. The van der Waals surface area contributed by atoms with Crippen molar-refractivity contribution in [3.8, 4) is 5.75 Å². The molecule has 1 fully saturated rings. The second-order valence-corrected chi connectivity index (χ2v) is 8.74. The Morgan fingerprint density at radius 3 is 2.43 bits per heavy atom. The van der Waals surface area contributed by atoms with Gasteiger partial charge in [0.1, 0.15) is 11.9 Å². The average molecular weight is 435 g/mol. The fourth-order valence-corrected chi connectivity index (χ4v) is 4.22. The molecule has 0 bridgehead atoms. The van der Waals surface area contributed by atoms with E-state index in [-0.39, 0.29) is 31.7 Å². The predicted molar refractivity (Wildman–Crippen MR) is 110 cm³/mol. The van der Waals surface area contributed by atoms with Crippen LogP contribution in [0.1, 0.15) is 17.3 Å². The van der Waals surface area contributed by atoms with E-state index in [9.17, 15) is 9.36 Å². The van der Waals surface area contributed by atoms with Gasteiger partial charge in [0.05, 0.1) is 18.3 Å². The maximum atomic E-state index is 13.3. The van der Waals surface area contributed by atoms with Gasteiger partial charge in [-0.3, -0.25) is 4.52 Å². The molecule has 0 radical (unpaired) electrons. The van der Waals surface area contributed by atoms with Crippen molar-refractivity contribution >= 4 is 13.6 Å². The molecule has 1 aliphatic heterocycles. The lowest BCUT2D eigenvalue weighted by Crippen LogP contribution is -2.27. The number of ether oxygens (including phenoxy) is 2. The molecule has 162 valence electrons. The van der Waals surface area contributed by atoms with Crippen molar-refractivity contribution in [3.63, 3.8) is 0 Å². The Balaban J connectivity index is 1.56. The van der Waals surface area contributed by atoms with Gasteiger partial charge in [0.15, 0.2) is 6.29 Å². The van der Waals surface area contributed by atoms with Crippen LogP contribution in [0.15, 0.2) is 60.7 Å². The molecular formula is C21H26NO7P. The van der Waals surface area contributed by atoms with Gasteiger partial charge in [0.25, 0.3) is 0 Å². The Bertz CT molecular complexity index is 849. The van der Waals surface area contributed by atoms with Crippen LogP contribution in [0.25, 0.3) is 0 Å². The fourth-order valence-electron chi connectivity index (χ4n) is 2.60. The third kappa shape index (κ3) is 6.93. The molecule has 2 aromatic carbocycles. The number of epoxide rings is 1. The molecule has 0 aromatic heterocycles. The minimum atomic E-state index is -3.54. The standard InChI is InChI=1S/C21H26NO7P/c1-3-25-21-19(27-21)16-26-30(24,29-18-12-8-5-9-13-18)15-14-22(2)28-20(23)17-10-6-4-7-11-17/h4-13,19,21H,3,14-16H2,1-2H3. The van der Waals surface area contributed by atoms with E-state index in [1.165, 1.54) is 5.06 Å². The quantitative estimate of drug-likeness (QED) is 0.283. The van der Waals surface area contributed by atoms with Gasteiger partial charge in [0.2, 0.25) is 0 Å². The number of hydroxylamine groups is 2. The van der Waals surface area contributed by atoms with E-state index in [1.54, 1.807) is 55.6 Å². The van der Waals surface area contributed by atoms with Crippen molar-refractivity contribution < 1.29 is 32.7 Å². The molecule has 2 aromatic rings. The van der Waals surface area contributed by atoms with Gasteiger partial charge in [-0.05, 0) is 31.2 Å². The van der Waals surface area contributed by atoms with Gasteiger partial charge in [-0.2, -0.15) is 0 Å². The Morgan fingerprint density at radius 2 is 1.77 bits per heavy atom. The second-order valence-electron chi connectivity index (χ2n) is 6.63. The van der Waals surface area contributed by atoms with E-state index in [0.29, 0.717) is 17.9 Å². The van der Waals surface area contributed by atoms with E-state index in [4.69, 9.17) is 23.4 Å². The number of hydrogen-bond donors (Lipinski definition) is 0. The Kier molecular flexibility index (Phi) is 8.01. The highest BCUT2D eigenvalue weighted by molar-refractivity contribution is 7.54. The van der Waals surface area contributed by atoms with Crippen molar-refractivity contribution in [3.05, 3.63) is 66.2 Å². The topological polar surface area (TPSA) is 86.8 Å². The number of rotatable bonds is 12. The summed E-state index contributed by atoms with van der Waals surface area (Å²) in [5.41, 5.74) is 0.428. The zero-order chi connectivity index (χ0) is 21.4. The summed E-state index contributed by atoms with van der Waals surface area (Å²) in [6.45, 7) is 2.64. The van der Waals surface area contributed by atoms with E-state index in [2.05, 4.69) is 0 Å². The Morgan fingerprint density at radius 1 is 1.10 bits per heavy atom. The van der Waals surface area contributed by atoms with Crippen LogP contribution in [-0.2, 0) is 23.4 Å². The van der Waals surface area contributed by atoms with Crippen LogP contribution in [0, 0.1) is 0 Å². The number of benzene rings is 2. The maximum Gasteiger partial charge on any atom is 0.380 e. The summed E-state index contributed by atoms with van der Waals surface area (Å²) >= 11 is 0. The van der Waals surface area contributed by atoms with Crippen molar-refractivity contribution in [2.24, 2.45) is 0 Å². The average Bonchev–Trinajstić information content (AvgIpc) is 3.51. The highest BCUT2D eigenvalue weighted by atomic mass is 31.2. The first-order chi connectivity index (χ1) is 14.5. The SMILES string of the molecule is CCOC1OC1COP(=O)(CCN(C)OC(=O)c1ccccc1)Oc1ccccc1. The molecule has 8 nitrogen and oxygen atoms in total. The molecule has 0 aliphatic carbocycles. The maximum absolute atomic E-state index is 13.3. The highest BCUT2D eigenvalue weighted by Gasteiger charge is 2.42. The van der Waals surface area contributed by atoms with E-state index < -0.39 is 13.6 Å². The van der Waals surface area contributed by atoms with Gasteiger partial charge < -0.3 is 18.8 Å². The largest absolute Gasteiger partial charge is 0.424 e. The van der Waals surface area contributed by atoms with Crippen molar-refractivity contribution in [2.45, 2.75) is 19.3 Å². The molecule has 0 spiro atoms. The molecule has 0 saturated carbocycles. The van der Waals surface area contributed by atoms with Crippen molar-refractivity contribution in [1.82, 2.24) is 5.06 Å². The summed E-state index contributed by atoms with van der Waals surface area (Å²) in [6.07, 6.45) is -0.590. The first kappa shape index (κ1) is 22.5. The van der Waals surface area contributed by atoms with Gasteiger partial charge in [-0.25, -0.2) is 9.36 Å². The molecule has 3 rings (SSSR count). The van der Waals surface area contributed by atoms with Crippen LogP contribution in [0.4, 0.5) is 0 Å². The van der Waals surface area contributed by atoms with Crippen molar-refractivity contribution in [1.29, 1.82) is 0 Å². The van der Waals surface area contributed by atoms with Crippen LogP contribution >= 0.6 is 7.60 Å². The normalized spacial score (nSPS) is 19.8. The first-order valence-electron chi connectivity index (χ1n) is 9.73. The molecule has 1 heterocycles. The summed E-state index contributed by atoms with van der Waals surface area (Å²) in [5.74, 6) is -0.0633. The Labute approximate surface area is 176 Å². The van der Waals surface area contributed by atoms with Crippen LogP contribution in [-0.4, -0.2) is 56.4 Å². The van der Waals surface area contributed by atoms with Gasteiger partial charge >= 0.3 is 13.6 Å². The molecule has 9 heteroatoms. The summed E-state index contributed by atoms with van der Waals surface area (Å²) < 4.78 is 35.3. The summed E-state index contributed by atoms with van der Waals surface area (Å²) in [7, 11) is -1.95. The Hall–Kier alpha value is -2.22. The molecular weight excluding hydrogens is 409 g/mol. The molecule has 3 unspecified atom stereocenters. The third-order valence-electron chi connectivity index (χ3n) is 4.23. The zero-order valence-corrected chi connectivity index (χ0v) is 17.9. The van der Waals surface area contributed by atoms with E-state index in [0.717, 1.165) is 0 Å². The zero-order valence-electron chi connectivity index (χ0n) is 17.0. The number of hydrogen-bond acceptors (Lipinski definition) is 8. The minimum Gasteiger partial charge on any atom is -0.424 e. The molecule has 3 atom stereocenters. The minimum absolute atomic E-state index is 0.0203. The second kappa shape index (κ2) is 10.7. The third-order valence-corrected chi connectivity index (χ3v) is 6.01. The van der Waals surface area contributed by atoms with E-state index >= 15 is 0 Å². The predicted octanol–water partition coefficient (Wildman–Crippen LogP) is 3.74. The lowest BCUT2D eigenvalue weighted by molar-refractivity contribution is -0.0867. The van der Waals surface area contributed by atoms with Crippen LogP contribution in [0.3, 0.4) is 0 Å². The molecule has 0 amide bonds. The van der Waals surface area contributed by atoms with Gasteiger partial charge in [0, 0.05) is 20.2 Å². The molecule has 0 N–H and O–H groups in total. The summed E-state index contributed by atoms with van der Waals surface area (Å²) in [5, 5.41) is 1.32. The lowest BCUT2D eigenvalue weighted by Gasteiger charge is -2.22. The number of carbonyl (C=O) groups excluding carboxylic acids is 1. The number of carbonyl (C=O) groups is 1. The van der Waals surface area contributed by atoms with E-state index in [1.807, 2.05) is 19.1 Å². The van der Waals surface area contributed by atoms with Gasteiger partial charge in [-0.15, -0.1) is 5.06 Å². The van der Waals surface area contributed by atoms with Crippen molar-refractivity contribution in [2.75, 3.05) is 33.0 Å². The number of nitrogens with zero attached hydrogens (tertiary/aromatic N) is 1. The summed E-state index contributed by atoms with van der Waals surface area (Å²) in [4.78, 5) is 17.5. The lowest BCUT2D eigenvalue weighted by atomic mass is 10.2. The number of para-hydroxylation sites is 1. The highest BCUT2D eigenvalue weighted by Crippen LogP contribution is 2.49. The van der Waals surface area contributed by atoms with Crippen LogP contribution in [0.5, 0.6) is 5.75 Å². The van der Waals surface area contributed by atoms with Crippen LogP contribution in [0.2, 0.25) is 0 Å².